The van der Waals surface area contributed by atoms with Crippen LogP contribution in [0.15, 0.2) is 12.4 Å². The molecule has 15 heavy (non-hydrogen) atoms. The van der Waals surface area contributed by atoms with Gasteiger partial charge in [-0.15, -0.1) is 0 Å². The van der Waals surface area contributed by atoms with Crippen molar-refractivity contribution in [1.29, 1.82) is 0 Å². The average Bonchev–Trinajstić information content (AvgIpc) is 2.63. The minimum Gasteiger partial charge on any atom is -0.481 e. The number of carboxylic acids is 1. The van der Waals surface area contributed by atoms with Crippen LogP contribution in [0.3, 0.4) is 0 Å². The van der Waals surface area contributed by atoms with Crippen LogP contribution in [0, 0.1) is 0 Å². The van der Waals surface area contributed by atoms with Crippen LogP contribution in [-0.2, 0) is 16.0 Å². The first-order valence-electron chi connectivity index (χ1n) is 4.65. The van der Waals surface area contributed by atoms with E-state index in [-0.39, 0.29) is 0 Å². The number of aryl methyl sites for hydroxylation is 1. The molecule has 0 radical (unpaired) electrons. The fourth-order valence-corrected chi connectivity index (χ4v) is 1.12. The van der Waals surface area contributed by atoms with Gasteiger partial charge in [0.1, 0.15) is 12.2 Å². The molecule has 1 heterocycles. The second-order valence-corrected chi connectivity index (χ2v) is 3.06. The first-order chi connectivity index (χ1) is 7.18. The number of rotatable bonds is 6. The molecule has 1 aromatic heterocycles. The highest BCUT2D eigenvalue weighted by Crippen LogP contribution is 1.93. The number of carbonyl (C=O) groups excluding carboxylic acids is 1. The third-order valence-electron chi connectivity index (χ3n) is 1.78. The minimum absolute atomic E-state index is 0.457. The molecule has 82 valence electrons. The van der Waals surface area contributed by atoms with Crippen molar-refractivity contribution < 1.29 is 14.7 Å². The molecule has 3 N–H and O–H groups in total. The van der Waals surface area contributed by atoms with Crippen LogP contribution in [-0.4, -0.2) is 33.5 Å². The molecule has 0 aromatic carbocycles. The van der Waals surface area contributed by atoms with Gasteiger partial charge in [0, 0.05) is 25.4 Å². The van der Waals surface area contributed by atoms with Crippen molar-refractivity contribution in [2.24, 2.45) is 0 Å². The number of nitrogens with one attached hydrogen (secondary N) is 2. The number of hydrogen-bond acceptors (Lipinski definition) is 3. The molecule has 6 nitrogen and oxygen atoms in total. The van der Waals surface area contributed by atoms with Gasteiger partial charge in [-0.2, -0.15) is 0 Å². The molecule has 1 rings (SSSR count). The summed E-state index contributed by atoms with van der Waals surface area (Å²) in [6.07, 6.45) is 4.40. The van der Waals surface area contributed by atoms with Gasteiger partial charge in [0.05, 0.1) is 0 Å². The largest absolute Gasteiger partial charge is 0.481 e. The van der Waals surface area contributed by atoms with E-state index in [9.17, 15) is 9.59 Å². The summed E-state index contributed by atoms with van der Waals surface area (Å²) in [4.78, 5) is 28.0. The third-order valence-corrected chi connectivity index (χ3v) is 1.78. The van der Waals surface area contributed by atoms with Crippen LogP contribution in [0.1, 0.15) is 18.7 Å². The van der Waals surface area contributed by atoms with Gasteiger partial charge in [-0.3, -0.25) is 9.59 Å². The van der Waals surface area contributed by atoms with Gasteiger partial charge in [0.2, 0.25) is 5.91 Å². The summed E-state index contributed by atoms with van der Waals surface area (Å²) in [5.41, 5.74) is 0. The number of carboxylic acid groups (broad SMARTS) is 1. The molecule has 0 fully saturated rings. The SMILES string of the molecule is O=C(O)CC(=O)NCCCc1ncc[nH]1. The van der Waals surface area contributed by atoms with Crippen LogP contribution in [0.2, 0.25) is 0 Å². The minimum atomic E-state index is -1.11. The van der Waals surface area contributed by atoms with Crippen molar-refractivity contribution in [3.05, 3.63) is 18.2 Å². The summed E-state index contributed by atoms with van der Waals surface area (Å²) in [7, 11) is 0. The highest BCUT2D eigenvalue weighted by molar-refractivity contribution is 5.93. The predicted octanol–water partition coefficient (Wildman–Crippen LogP) is -0.0668. The van der Waals surface area contributed by atoms with Gasteiger partial charge in [-0.25, -0.2) is 4.98 Å². The maximum absolute atomic E-state index is 10.9. The molecule has 0 aliphatic heterocycles. The molecule has 0 bridgehead atoms. The van der Waals surface area contributed by atoms with Gasteiger partial charge >= 0.3 is 5.97 Å². The second-order valence-electron chi connectivity index (χ2n) is 3.06. The highest BCUT2D eigenvalue weighted by Gasteiger charge is 2.05. The van der Waals surface area contributed by atoms with Crippen molar-refractivity contribution in [1.82, 2.24) is 15.3 Å². The Balaban J connectivity index is 2.06. The van der Waals surface area contributed by atoms with Crippen LogP contribution in [0.4, 0.5) is 0 Å². The Morgan fingerprint density at radius 2 is 2.33 bits per heavy atom. The van der Waals surface area contributed by atoms with Crippen LogP contribution in [0.25, 0.3) is 0 Å². The fraction of sp³-hybridized carbons (Fsp3) is 0.444. The van der Waals surface area contributed by atoms with Crippen molar-refractivity contribution in [2.45, 2.75) is 19.3 Å². The Hall–Kier alpha value is -1.85. The molecule has 0 aliphatic rings. The molecule has 0 unspecified atom stereocenters. The number of nitrogens with zero attached hydrogens (tertiary/aromatic N) is 1. The number of aliphatic carboxylic acids is 1. The van der Waals surface area contributed by atoms with E-state index in [1.54, 1.807) is 12.4 Å². The Morgan fingerprint density at radius 1 is 1.53 bits per heavy atom. The second kappa shape index (κ2) is 5.79. The maximum atomic E-state index is 10.9. The van der Waals surface area contributed by atoms with E-state index in [1.807, 2.05) is 0 Å². The third kappa shape index (κ3) is 4.80. The molecule has 1 aromatic rings. The highest BCUT2D eigenvalue weighted by atomic mass is 16.4. The summed E-state index contributed by atoms with van der Waals surface area (Å²) in [6, 6.07) is 0. The maximum Gasteiger partial charge on any atom is 0.312 e. The lowest BCUT2D eigenvalue weighted by molar-refractivity contribution is -0.140. The van der Waals surface area contributed by atoms with Gasteiger partial charge < -0.3 is 15.4 Å². The number of H-pyrrole nitrogens is 1. The monoisotopic (exact) mass is 211 g/mol. The van der Waals surface area contributed by atoms with E-state index in [4.69, 9.17) is 5.11 Å². The Morgan fingerprint density at radius 3 is 2.93 bits per heavy atom. The van der Waals surface area contributed by atoms with Gasteiger partial charge in [0.25, 0.3) is 0 Å². The summed E-state index contributed by atoms with van der Waals surface area (Å²) < 4.78 is 0. The Kier molecular flexibility index (Phi) is 4.33. The van der Waals surface area contributed by atoms with Gasteiger partial charge in [-0.05, 0) is 6.42 Å². The molecular weight excluding hydrogens is 198 g/mol. The van der Waals surface area contributed by atoms with E-state index in [2.05, 4.69) is 15.3 Å². The molecule has 6 heteroatoms. The van der Waals surface area contributed by atoms with Crippen molar-refractivity contribution in [2.75, 3.05) is 6.54 Å². The molecule has 0 aliphatic carbocycles. The lowest BCUT2D eigenvalue weighted by Gasteiger charge is -2.01. The average molecular weight is 211 g/mol. The number of amides is 1. The Bertz CT molecular complexity index is 321. The summed E-state index contributed by atoms with van der Waals surface area (Å²) in [6.45, 7) is 0.465. The van der Waals surface area contributed by atoms with E-state index in [0.29, 0.717) is 6.54 Å². The number of hydrogen-bond donors (Lipinski definition) is 3. The lowest BCUT2D eigenvalue weighted by atomic mass is 10.3. The summed E-state index contributed by atoms with van der Waals surface area (Å²) >= 11 is 0. The van der Waals surface area contributed by atoms with Gasteiger partial charge in [0.15, 0.2) is 0 Å². The van der Waals surface area contributed by atoms with E-state index < -0.39 is 18.3 Å². The zero-order valence-electron chi connectivity index (χ0n) is 8.19. The fourth-order valence-electron chi connectivity index (χ4n) is 1.12. The summed E-state index contributed by atoms with van der Waals surface area (Å²) in [5, 5.41) is 10.8. The number of carbonyl (C=O) groups is 2. The normalized spacial score (nSPS) is 9.87. The summed E-state index contributed by atoms with van der Waals surface area (Å²) in [5.74, 6) is -0.706. The number of aromatic amines is 1. The van der Waals surface area contributed by atoms with E-state index in [0.717, 1.165) is 18.7 Å². The molecule has 0 saturated carbocycles. The molecule has 0 saturated heterocycles. The predicted molar refractivity (Wildman–Crippen MR) is 52.2 cm³/mol. The van der Waals surface area contributed by atoms with Crippen LogP contribution < -0.4 is 5.32 Å². The molecule has 1 amide bonds. The van der Waals surface area contributed by atoms with Crippen molar-refractivity contribution in [3.63, 3.8) is 0 Å². The molecule has 0 atom stereocenters. The van der Waals surface area contributed by atoms with Crippen LogP contribution >= 0.6 is 0 Å². The van der Waals surface area contributed by atoms with Crippen molar-refractivity contribution >= 4 is 11.9 Å². The number of aromatic nitrogens is 2. The molecule has 0 spiro atoms. The molecular formula is C9H13N3O3. The smallest absolute Gasteiger partial charge is 0.312 e. The quantitative estimate of drug-likeness (QED) is 0.453. The van der Waals surface area contributed by atoms with Crippen LogP contribution in [0.5, 0.6) is 0 Å². The Labute approximate surface area is 86.7 Å². The first kappa shape index (κ1) is 11.2. The lowest BCUT2D eigenvalue weighted by Crippen LogP contribution is -2.26. The standard InChI is InChI=1S/C9H13N3O3/c13-8(6-9(14)15)12-3-1-2-7-10-4-5-11-7/h4-5H,1-3,6H2,(H,10,11)(H,12,13)(H,14,15). The van der Waals surface area contributed by atoms with Gasteiger partial charge in [-0.1, -0.05) is 0 Å². The first-order valence-corrected chi connectivity index (χ1v) is 4.65. The zero-order chi connectivity index (χ0) is 11.1. The van der Waals surface area contributed by atoms with Crippen molar-refractivity contribution in [3.8, 4) is 0 Å². The zero-order valence-corrected chi connectivity index (χ0v) is 8.19. The van der Waals surface area contributed by atoms with E-state index in [1.165, 1.54) is 0 Å². The topological polar surface area (TPSA) is 95.1 Å². The van der Waals surface area contributed by atoms with E-state index >= 15 is 0 Å². The number of imidazole rings is 1.